The Balaban J connectivity index is 1.28. The number of aromatic nitrogens is 3. The summed E-state index contributed by atoms with van der Waals surface area (Å²) >= 11 is 3.07. The van der Waals surface area contributed by atoms with Gasteiger partial charge in [-0.25, -0.2) is 9.37 Å². The summed E-state index contributed by atoms with van der Waals surface area (Å²) < 4.78 is 16.4. The summed E-state index contributed by atoms with van der Waals surface area (Å²) in [5.41, 5.74) is 1.61. The highest BCUT2D eigenvalue weighted by atomic mass is 32.1. The first kappa shape index (κ1) is 20.1. The molecular weight excluding hydrogens is 433 g/mol. The van der Waals surface area contributed by atoms with E-state index in [1.54, 1.807) is 42.6 Å². The van der Waals surface area contributed by atoms with Crippen LogP contribution in [-0.4, -0.2) is 33.8 Å². The van der Waals surface area contributed by atoms with Crippen molar-refractivity contribution in [2.24, 2.45) is 13.0 Å². The Morgan fingerprint density at radius 3 is 2.58 bits per heavy atom. The van der Waals surface area contributed by atoms with Crippen LogP contribution in [0.2, 0.25) is 0 Å². The Hall–Kier alpha value is -2.78. The normalized spacial score (nSPS) is 15.0. The van der Waals surface area contributed by atoms with Gasteiger partial charge < -0.3 is 10.2 Å². The summed E-state index contributed by atoms with van der Waals surface area (Å²) in [6.45, 7) is 4.40. The molecule has 0 unspecified atom stereocenters. The van der Waals surface area contributed by atoms with Crippen molar-refractivity contribution < 1.29 is 9.18 Å². The Morgan fingerprint density at radius 1 is 1.19 bits per heavy atom. The van der Waals surface area contributed by atoms with Crippen LogP contribution >= 0.6 is 22.7 Å². The molecule has 0 aliphatic carbocycles. The van der Waals surface area contributed by atoms with Gasteiger partial charge in [-0.05, 0) is 37.0 Å². The minimum absolute atomic E-state index is 0.166. The average Bonchev–Trinajstić information content (AvgIpc) is 3.42. The Labute approximate surface area is 187 Å². The molecule has 4 aromatic rings. The number of thiazole rings is 1. The van der Waals surface area contributed by atoms with Gasteiger partial charge in [-0.1, -0.05) is 30.4 Å². The number of nitrogens with one attached hydrogen (secondary N) is 1. The maximum Gasteiger partial charge on any atom is 0.265 e. The molecule has 1 aliphatic rings. The number of carbonyl (C=O) groups excluding carboxylic acids is 1. The van der Waals surface area contributed by atoms with Crippen molar-refractivity contribution in [3.8, 4) is 11.3 Å². The smallest absolute Gasteiger partial charge is 0.265 e. The third-order valence-corrected chi connectivity index (χ3v) is 7.78. The predicted molar refractivity (Wildman–Crippen MR) is 125 cm³/mol. The van der Waals surface area contributed by atoms with Gasteiger partial charge in [-0.2, -0.15) is 5.10 Å². The van der Waals surface area contributed by atoms with E-state index in [2.05, 4.69) is 22.2 Å². The number of rotatable bonds is 4. The minimum Gasteiger partial charge on any atom is -0.348 e. The fraction of sp³-hybridized carbons (Fsp3) is 0.318. The molecule has 9 heteroatoms. The van der Waals surface area contributed by atoms with Crippen LogP contribution in [0.3, 0.4) is 0 Å². The molecule has 1 amide bonds. The number of piperidine rings is 1. The molecule has 31 heavy (non-hydrogen) atoms. The van der Waals surface area contributed by atoms with Crippen molar-refractivity contribution >= 4 is 48.9 Å². The van der Waals surface area contributed by atoms with Crippen molar-refractivity contribution in [2.45, 2.75) is 19.8 Å². The highest BCUT2D eigenvalue weighted by Gasteiger charge is 2.21. The number of nitrogens with zero attached hydrogens (tertiary/aromatic N) is 4. The molecule has 1 aliphatic heterocycles. The Kier molecular flexibility index (Phi) is 5.23. The first-order valence-corrected chi connectivity index (χ1v) is 11.9. The summed E-state index contributed by atoms with van der Waals surface area (Å²) in [7, 11) is 1.68. The molecule has 1 aromatic carbocycles. The maximum absolute atomic E-state index is 13.9. The summed E-state index contributed by atoms with van der Waals surface area (Å²) in [4.78, 5) is 21.4. The van der Waals surface area contributed by atoms with Crippen molar-refractivity contribution in [3.63, 3.8) is 0 Å². The molecular formula is C22H22FN5OS2. The van der Waals surface area contributed by atoms with E-state index >= 15 is 0 Å². The molecule has 0 saturated carbocycles. The lowest BCUT2D eigenvalue weighted by atomic mass is 10.00. The fourth-order valence-corrected chi connectivity index (χ4v) is 5.89. The van der Waals surface area contributed by atoms with E-state index in [1.165, 1.54) is 35.1 Å². The van der Waals surface area contributed by atoms with Gasteiger partial charge in [0.2, 0.25) is 0 Å². The number of anilines is 2. The topological polar surface area (TPSA) is 63.1 Å². The van der Waals surface area contributed by atoms with Gasteiger partial charge >= 0.3 is 0 Å². The Bertz CT molecular complexity index is 1200. The molecule has 0 atom stereocenters. The molecule has 160 valence electrons. The van der Waals surface area contributed by atoms with Crippen LogP contribution in [0.4, 0.5) is 15.2 Å². The van der Waals surface area contributed by atoms with Gasteiger partial charge in [0.25, 0.3) is 5.91 Å². The van der Waals surface area contributed by atoms with Gasteiger partial charge in [0, 0.05) is 31.4 Å². The molecule has 3 aromatic heterocycles. The second kappa shape index (κ2) is 8.05. The number of hydrogen-bond donors (Lipinski definition) is 1. The van der Waals surface area contributed by atoms with Gasteiger partial charge in [0.15, 0.2) is 10.9 Å². The summed E-state index contributed by atoms with van der Waals surface area (Å²) in [6.07, 6.45) is 3.73. The molecule has 1 fully saturated rings. The van der Waals surface area contributed by atoms with Gasteiger partial charge in [0.1, 0.15) is 10.5 Å². The summed E-state index contributed by atoms with van der Waals surface area (Å²) in [6, 6.07) is 8.93. The zero-order chi connectivity index (χ0) is 21.5. The highest BCUT2D eigenvalue weighted by Crippen LogP contribution is 2.36. The first-order valence-electron chi connectivity index (χ1n) is 10.2. The number of carbonyl (C=O) groups is 1. The first-order chi connectivity index (χ1) is 15.0. The predicted octanol–water partition coefficient (Wildman–Crippen LogP) is 5.39. The van der Waals surface area contributed by atoms with Gasteiger partial charge in [-0.3, -0.25) is 9.48 Å². The number of thiophene rings is 1. The maximum atomic E-state index is 13.9. The summed E-state index contributed by atoms with van der Waals surface area (Å²) in [5.74, 6) is 0.244. The van der Waals surface area contributed by atoms with E-state index in [-0.39, 0.29) is 11.7 Å². The van der Waals surface area contributed by atoms with Crippen molar-refractivity contribution in [1.82, 2.24) is 14.8 Å². The third kappa shape index (κ3) is 4.07. The van der Waals surface area contributed by atoms with E-state index in [0.717, 1.165) is 33.7 Å². The van der Waals surface area contributed by atoms with Crippen molar-refractivity contribution in [3.05, 3.63) is 47.2 Å². The van der Waals surface area contributed by atoms with Crippen molar-refractivity contribution in [1.29, 1.82) is 0 Å². The third-order valence-electron chi connectivity index (χ3n) is 5.56. The molecule has 6 nitrogen and oxygen atoms in total. The van der Waals surface area contributed by atoms with Crippen LogP contribution in [0.15, 0.2) is 36.5 Å². The van der Waals surface area contributed by atoms with Crippen LogP contribution in [0.25, 0.3) is 20.8 Å². The second-order valence-electron chi connectivity index (χ2n) is 7.98. The Morgan fingerprint density at radius 2 is 1.94 bits per heavy atom. The molecule has 4 heterocycles. The SMILES string of the molecule is CC1CCN(c2nc3sc(C(=O)Nc4ccc(-c5nn(C)cc5F)cc4)cc3s2)CC1. The van der Waals surface area contributed by atoms with E-state index < -0.39 is 0 Å². The monoisotopic (exact) mass is 455 g/mol. The number of benzene rings is 1. The molecule has 0 radical (unpaired) electrons. The number of fused-ring (bicyclic) bond motifs is 1. The van der Waals surface area contributed by atoms with Gasteiger partial charge in [-0.15, -0.1) is 11.3 Å². The van der Waals surface area contributed by atoms with E-state index in [1.807, 2.05) is 6.07 Å². The second-order valence-corrected chi connectivity index (χ2v) is 10.0. The lowest BCUT2D eigenvalue weighted by Crippen LogP contribution is -2.32. The van der Waals surface area contributed by atoms with Crippen LogP contribution in [0.1, 0.15) is 29.4 Å². The number of hydrogen-bond acceptors (Lipinski definition) is 6. The quantitative estimate of drug-likeness (QED) is 0.448. The zero-order valence-corrected chi connectivity index (χ0v) is 18.9. The molecule has 1 N–H and O–H groups in total. The van der Waals surface area contributed by atoms with Crippen LogP contribution in [0.5, 0.6) is 0 Å². The highest BCUT2D eigenvalue weighted by molar-refractivity contribution is 7.29. The standard InChI is InChI=1S/C22H22FN5OS2/c1-13-7-9-28(10-8-13)22-25-21-18(31-22)11-17(30-21)20(29)24-15-5-3-14(4-6-15)19-16(23)12-27(2)26-19/h3-6,11-13H,7-10H2,1-2H3,(H,24,29). The lowest BCUT2D eigenvalue weighted by molar-refractivity contribution is 0.103. The van der Waals surface area contributed by atoms with Crippen LogP contribution in [-0.2, 0) is 7.05 Å². The summed E-state index contributed by atoms with van der Waals surface area (Å²) in [5, 5.41) is 8.09. The van der Waals surface area contributed by atoms with Crippen LogP contribution < -0.4 is 10.2 Å². The molecule has 0 bridgehead atoms. The van der Waals surface area contributed by atoms with Crippen molar-refractivity contribution in [2.75, 3.05) is 23.3 Å². The molecule has 0 spiro atoms. The van der Waals surface area contributed by atoms with E-state index in [0.29, 0.717) is 21.8 Å². The lowest BCUT2D eigenvalue weighted by Gasteiger charge is -2.29. The molecule has 1 saturated heterocycles. The van der Waals surface area contributed by atoms with E-state index in [4.69, 9.17) is 4.98 Å². The van der Waals surface area contributed by atoms with Gasteiger partial charge in [0.05, 0.1) is 15.8 Å². The number of aryl methyl sites for hydroxylation is 1. The number of amides is 1. The molecule has 5 rings (SSSR count). The van der Waals surface area contributed by atoms with Crippen LogP contribution in [0, 0.1) is 11.7 Å². The fourth-order valence-electron chi connectivity index (χ4n) is 3.73. The minimum atomic E-state index is -0.371. The largest absolute Gasteiger partial charge is 0.348 e. The average molecular weight is 456 g/mol. The zero-order valence-electron chi connectivity index (χ0n) is 17.3. The number of halogens is 1. The van der Waals surface area contributed by atoms with E-state index in [9.17, 15) is 9.18 Å².